The normalized spacial score (nSPS) is 10.4. The Balaban J connectivity index is 2.18. The number of nitrogens with zero attached hydrogens (tertiary/aromatic N) is 2. The van der Waals surface area contributed by atoms with Crippen LogP contribution in [0, 0.1) is 6.92 Å². The quantitative estimate of drug-likeness (QED) is 0.872. The van der Waals surface area contributed by atoms with Crippen molar-refractivity contribution in [3.8, 4) is 0 Å². The van der Waals surface area contributed by atoms with E-state index in [1.807, 2.05) is 41.9 Å². The zero-order chi connectivity index (χ0) is 12.3. The van der Waals surface area contributed by atoms with Crippen molar-refractivity contribution in [1.29, 1.82) is 0 Å². The molecule has 2 rings (SSSR count). The van der Waals surface area contributed by atoms with E-state index in [9.17, 15) is 4.79 Å². The van der Waals surface area contributed by atoms with E-state index in [-0.39, 0.29) is 6.42 Å². The molecule has 0 spiro atoms. The van der Waals surface area contributed by atoms with Gasteiger partial charge in [0.25, 0.3) is 0 Å². The first-order chi connectivity index (χ1) is 8.16. The SMILES string of the molecule is Cc1c(CC(=O)O)cnn1Cc1ccccc1. The van der Waals surface area contributed by atoms with Crippen molar-refractivity contribution >= 4 is 5.97 Å². The first-order valence-electron chi connectivity index (χ1n) is 5.44. The van der Waals surface area contributed by atoms with Crippen LogP contribution >= 0.6 is 0 Å². The summed E-state index contributed by atoms with van der Waals surface area (Å²) in [7, 11) is 0. The average Bonchev–Trinajstić information content (AvgIpc) is 2.62. The molecule has 0 saturated carbocycles. The maximum absolute atomic E-state index is 10.7. The second-order valence-corrected chi connectivity index (χ2v) is 3.97. The van der Waals surface area contributed by atoms with E-state index >= 15 is 0 Å². The van der Waals surface area contributed by atoms with E-state index in [0.29, 0.717) is 6.54 Å². The van der Waals surface area contributed by atoms with Gasteiger partial charge in [-0.3, -0.25) is 9.48 Å². The lowest BCUT2D eigenvalue weighted by Crippen LogP contribution is -2.05. The molecule has 0 aliphatic carbocycles. The number of carbonyl (C=O) groups is 1. The minimum Gasteiger partial charge on any atom is -0.481 e. The van der Waals surface area contributed by atoms with Crippen LogP contribution in [0.15, 0.2) is 36.5 Å². The Morgan fingerprint density at radius 3 is 2.71 bits per heavy atom. The molecule has 1 aromatic carbocycles. The summed E-state index contributed by atoms with van der Waals surface area (Å²) in [6, 6.07) is 9.98. The number of aliphatic carboxylic acids is 1. The first kappa shape index (κ1) is 11.4. The predicted octanol–water partition coefficient (Wildman–Crippen LogP) is 1.87. The van der Waals surface area contributed by atoms with Gasteiger partial charge in [-0.1, -0.05) is 30.3 Å². The minimum atomic E-state index is -0.827. The summed E-state index contributed by atoms with van der Waals surface area (Å²) in [6.45, 7) is 2.57. The highest BCUT2D eigenvalue weighted by Gasteiger charge is 2.09. The van der Waals surface area contributed by atoms with Crippen LogP contribution < -0.4 is 0 Å². The van der Waals surface area contributed by atoms with E-state index in [1.165, 1.54) is 0 Å². The highest BCUT2D eigenvalue weighted by atomic mass is 16.4. The van der Waals surface area contributed by atoms with E-state index in [1.54, 1.807) is 6.20 Å². The third-order valence-corrected chi connectivity index (χ3v) is 2.72. The smallest absolute Gasteiger partial charge is 0.307 e. The van der Waals surface area contributed by atoms with Gasteiger partial charge in [0.1, 0.15) is 0 Å². The van der Waals surface area contributed by atoms with Crippen LogP contribution in [0.5, 0.6) is 0 Å². The number of aromatic nitrogens is 2. The van der Waals surface area contributed by atoms with Crippen molar-refractivity contribution in [1.82, 2.24) is 9.78 Å². The molecule has 0 bridgehead atoms. The zero-order valence-corrected chi connectivity index (χ0v) is 9.63. The Morgan fingerprint density at radius 1 is 1.35 bits per heavy atom. The standard InChI is InChI=1S/C13H14N2O2/c1-10-12(7-13(16)17)8-14-15(10)9-11-5-3-2-4-6-11/h2-6,8H,7,9H2,1H3,(H,16,17). The summed E-state index contributed by atoms with van der Waals surface area (Å²) in [4.78, 5) is 10.7. The molecule has 4 heteroatoms. The Bertz CT molecular complexity index is 517. The van der Waals surface area contributed by atoms with Crippen LogP contribution in [-0.2, 0) is 17.8 Å². The van der Waals surface area contributed by atoms with Crippen LogP contribution in [0.4, 0.5) is 0 Å². The molecular weight excluding hydrogens is 216 g/mol. The van der Waals surface area contributed by atoms with E-state index in [2.05, 4.69) is 5.10 Å². The number of rotatable bonds is 4. The van der Waals surface area contributed by atoms with Gasteiger partial charge in [0.15, 0.2) is 0 Å². The molecule has 1 N–H and O–H groups in total. The van der Waals surface area contributed by atoms with Gasteiger partial charge < -0.3 is 5.11 Å². The molecule has 0 aliphatic rings. The molecule has 0 saturated heterocycles. The number of hydrogen-bond donors (Lipinski definition) is 1. The summed E-state index contributed by atoms with van der Waals surface area (Å²) in [5, 5.41) is 13.0. The van der Waals surface area contributed by atoms with Gasteiger partial charge in [0.2, 0.25) is 0 Å². The summed E-state index contributed by atoms with van der Waals surface area (Å²) >= 11 is 0. The van der Waals surface area contributed by atoms with Crippen LogP contribution in [0.2, 0.25) is 0 Å². The Kier molecular flexibility index (Phi) is 3.23. The summed E-state index contributed by atoms with van der Waals surface area (Å²) in [5.74, 6) is -0.827. The van der Waals surface area contributed by atoms with Crippen molar-refractivity contribution < 1.29 is 9.90 Å². The maximum atomic E-state index is 10.7. The largest absolute Gasteiger partial charge is 0.481 e. The van der Waals surface area contributed by atoms with Gasteiger partial charge in [-0.2, -0.15) is 5.10 Å². The lowest BCUT2D eigenvalue weighted by atomic mass is 10.2. The van der Waals surface area contributed by atoms with E-state index in [4.69, 9.17) is 5.11 Å². The van der Waals surface area contributed by atoms with E-state index in [0.717, 1.165) is 16.8 Å². The third kappa shape index (κ3) is 2.72. The molecule has 17 heavy (non-hydrogen) atoms. The van der Waals surface area contributed by atoms with Gasteiger partial charge in [-0.05, 0) is 12.5 Å². The van der Waals surface area contributed by atoms with Gasteiger partial charge in [-0.15, -0.1) is 0 Å². The van der Waals surface area contributed by atoms with Crippen LogP contribution in [0.3, 0.4) is 0 Å². The van der Waals surface area contributed by atoms with Crippen molar-refractivity contribution in [3.63, 3.8) is 0 Å². The van der Waals surface area contributed by atoms with Gasteiger partial charge >= 0.3 is 5.97 Å². The van der Waals surface area contributed by atoms with Crippen LogP contribution in [0.1, 0.15) is 16.8 Å². The summed E-state index contributed by atoms with van der Waals surface area (Å²) in [5.41, 5.74) is 2.84. The molecule has 2 aromatic rings. The molecule has 1 aromatic heterocycles. The molecule has 4 nitrogen and oxygen atoms in total. The molecular formula is C13H14N2O2. The fraction of sp³-hybridized carbons (Fsp3) is 0.231. The molecule has 0 fully saturated rings. The van der Waals surface area contributed by atoms with Gasteiger partial charge in [-0.25, -0.2) is 0 Å². The van der Waals surface area contributed by atoms with Crippen LogP contribution in [-0.4, -0.2) is 20.9 Å². The lowest BCUT2D eigenvalue weighted by molar-refractivity contribution is -0.136. The van der Waals surface area contributed by atoms with Crippen molar-refractivity contribution in [3.05, 3.63) is 53.3 Å². The molecule has 0 unspecified atom stereocenters. The molecule has 0 aliphatic heterocycles. The fourth-order valence-corrected chi connectivity index (χ4v) is 1.74. The number of carboxylic acid groups (broad SMARTS) is 1. The molecule has 88 valence electrons. The number of carboxylic acids is 1. The molecule has 0 atom stereocenters. The average molecular weight is 230 g/mol. The molecule has 0 amide bonds. The van der Waals surface area contributed by atoms with Gasteiger partial charge in [0.05, 0.1) is 19.2 Å². The summed E-state index contributed by atoms with van der Waals surface area (Å²) < 4.78 is 1.83. The lowest BCUT2D eigenvalue weighted by Gasteiger charge is -2.05. The Morgan fingerprint density at radius 2 is 2.06 bits per heavy atom. The van der Waals surface area contributed by atoms with Crippen molar-refractivity contribution in [2.24, 2.45) is 0 Å². The second kappa shape index (κ2) is 4.82. The predicted molar refractivity (Wildman–Crippen MR) is 63.8 cm³/mol. The minimum absolute atomic E-state index is 0.0284. The van der Waals surface area contributed by atoms with Crippen molar-refractivity contribution in [2.75, 3.05) is 0 Å². The second-order valence-electron chi connectivity index (χ2n) is 3.97. The van der Waals surface area contributed by atoms with Crippen molar-refractivity contribution in [2.45, 2.75) is 19.9 Å². The fourth-order valence-electron chi connectivity index (χ4n) is 1.74. The highest BCUT2D eigenvalue weighted by Crippen LogP contribution is 2.10. The number of hydrogen-bond acceptors (Lipinski definition) is 2. The summed E-state index contributed by atoms with van der Waals surface area (Å²) in [6.07, 6.45) is 1.66. The zero-order valence-electron chi connectivity index (χ0n) is 9.63. The topological polar surface area (TPSA) is 55.1 Å². The van der Waals surface area contributed by atoms with Gasteiger partial charge in [0, 0.05) is 11.3 Å². The Hall–Kier alpha value is -2.10. The Labute approximate surface area is 99.5 Å². The van der Waals surface area contributed by atoms with E-state index < -0.39 is 5.97 Å². The maximum Gasteiger partial charge on any atom is 0.307 e. The molecule has 0 radical (unpaired) electrons. The third-order valence-electron chi connectivity index (χ3n) is 2.72. The number of benzene rings is 1. The highest BCUT2D eigenvalue weighted by molar-refractivity contribution is 5.70. The van der Waals surface area contributed by atoms with Crippen LogP contribution in [0.25, 0.3) is 0 Å². The monoisotopic (exact) mass is 230 g/mol. The molecule has 1 heterocycles. The first-order valence-corrected chi connectivity index (χ1v) is 5.44.